The largest absolute Gasteiger partial charge is 0.325 e. The normalized spacial score (nSPS) is 10.4. The zero-order valence-electron chi connectivity index (χ0n) is 16.8. The van der Waals surface area contributed by atoms with Crippen LogP contribution in [0.2, 0.25) is 0 Å². The summed E-state index contributed by atoms with van der Waals surface area (Å²) in [5.74, 6) is 0.138. The Labute approximate surface area is 175 Å². The van der Waals surface area contributed by atoms with E-state index in [1.54, 1.807) is 6.07 Å². The van der Waals surface area contributed by atoms with E-state index in [1.165, 1.54) is 17.3 Å². The second kappa shape index (κ2) is 9.43. The molecule has 0 saturated heterocycles. The Morgan fingerprint density at radius 2 is 1.52 bits per heavy atom. The molecule has 0 unspecified atom stereocenters. The highest BCUT2D eigenvalue weighted by Crippen LogP contribution is 2.21. The molecule has 0 spiro atoms. The summed E-state index contributed by atoms with van der Waals surface area (Å²) in [4.78, 5) is 25.5. The van der Waals surface area contributed by atoms with Crippen molar-refractivity contribution in [3.63, 3.8) is 0 Å². The van der Waals surface area contributed by atoms with Crippen LogP contribution in [0.15, 0.2) is 71.6 Å². The van der Waals surface area contributed by atoms with Crippen LogP contribution in [0.1, 0.15) is 27.0 Å². The number of rotatable bonds is 6. The van der Waals surface area contributed by atoms with Gasteiger partial charge >= 0.3 is 0 Å². The lowest BCUT2D eigenvalue weighted by atomic mass is 10.1. The SMILES string of the molecule is Cc1cccc(C(=O)Nc2ccc(SCC(=O)Nc3ccc(C)c(C)c3)cc2)c1. The van der Waals surface area contributed by atoms with Gasteiger partial charge in [-0.05, 0) is 80.4 Å². The van der Waals surface area contributed by atoms with Gasteiger partial charge in [0.1, 0.15) is 0 Å². The molecule has 0 aliphatic carbocycles. The van der Waals surface area contributed by atoms with Crippen LogP contribution >= 0.6 is 11.8 Å². The number of carbonyl (C=O) groups excluding carboxylic acids is 2. The Bertz CT molecular complexity index is 1030. The summed E-state index contributed by atoms with van der Waals surface area (Å²) in [6, 6.07) is 20.9. The third-order valence-corrected chi connectivity index (χ3v) is 5.57. The van der Waals surface area contributed by atoms with Crippen molar-refractivity contribution in [1.82, 2.24) is 0 Å². The fraction of sp³-hybridized carbons (Fsp3) is 0.167. The van der Waals surface area contributed by atoms with E-state index in [2.05, 4.69) is 10.6 Å². The summed E-state index contributed by atoms with van der Waals surface area (Å²) in [5.41, 5.74) is 5.56. The van der Waals surface area contributed by atoms with Gasteiger partial charge in [-0.15, -0.1) is 11.8 Å². The van der Waals surface area contributed by atoms with Crippen LogP contribution in [-0.4, -0.2) is 17.6 Å². The van der Waals surface area contributed by atoms with Crippen molar-refractivity contribution in [2.45, 2.75) is 25.7 Å². The Morgan fingerprint density at radius 1 is 0.793 bits per heavy atom. The highest BCUT2D eigenvalue weighted by molar-refractivity contribution is 8.00. The third-order valence-electron chi connectivity index (χ3n) is 4.55. The molecule has 2 amide bonds. The van der Waals surface area contributed by atoms with Crippen molar-refractivity contribution in [1.29, 1.82) is 0 Å². The van der Waals surface area contributed by atoms with Crippen LogP contribution in [0.4, 0.5) is 11.4 Å². The van der Waals surface area contributed by atoms with E-state index >= 15 is 0 Å². The van der Waals surface area contributed by atoms with Crippen molar-refractivity contribution in [2.75, 3.05) is 16.4 Å². The summed E-state index contributed by atoms with van der Waals surface area (Å²) in [6.45, 7) is 6.03. The molecule has 3 rings (SSSR count). The first-order valence-corrected chi connectivity index (χ1v) is 10.4. The summed E-state index contributed by atoms with van der Waals surface area (Å²) < 4.78 is 0. The van der Waals surface area contributed by atoms with Crippen molar-refractivity contribution in [2.24, 2.45) is 0 Å². The molecule has 148 valence electrons. The molecule has 0 fully saturated rings. The molecule has 3 aromatic carbocycles. The van der Waals surface area contributed by atoms with Crippen LogP contribution in [-0.2, 0) is 4.79 Å². The molecule has 0 atom stereocenters. The molecule has 4 nitrogen and oxygen atoms in total. The zero-order chi connectivity index (χ0) is 20.8. The first-order chi connectivity index (χ1) is 13.9. The minimum Gasteiger partial charge on any atom is -0.325 e. The lowest BCUT2D eigenvalue weighted by Gasteiger charge is -2.09. The number of amides is 2. The molecule has 0 heterocycles. The number of hydrogen-bond donors (Lipinski definition) is 2. The quantitative estimate of drug-likeness (QED) is 0.526. The minimum atomic E-state index is -0.137. The lowest BCUT2D eigenvalue weighted by Crippen LogP contribution is -2.14. The van der Waals surface area contributed by atoms with Gasteiger partial charge in [0.15, 0.2) is 0 Å². The van der Waals surface area contributed by atoms with E-state index in [-0.39, 0.29) is 11.8 Å². The zero-order valence-corrected chi connectivity index (χ0v) is 17.6. The maximum absolute atomic E-state index is 12.3. The van der Waals surface area contributed by atoms with Gasteiger partial charge < -0.3 is 10.6 Å². The van der Waals surface area contributed by atoms with Crippen molar-refractivity contribution in [3.05, 3.63) is 89.0 Å². The van der Waals surface area contributed by atoms with Crippen LogP contribution in [0.5, 0.6) is 0 Å². The van der Waals surface area contributed by atoms with E-state index < -0.39 is 0 Å². The van der Waals surface area contributed by atoms with E-state index in [0.29, 0.717) is 11.3 Å². The Kier molecular flexibility index (Phi) is 6.73. The number of anilines is 2. The van der Waals surface area contributed by atoms with Gasteiger partial charge in [-0.25, -0.2) is 0 Å². The highest BCUT2D eigenvalue weighted by Gasteiger charge is 2.07. The molecule has 5 heteroatoms. The van der Waals surface area contributed by atoms with Crippen LogP contribution < -0.4 is 10.6 Å². The number of aryl methyl sites for hydroxylation is 3. The third kappa shape index (κ3) is 5.96. The van der Waals surface area contributed by atoms with E-state index in [9.17, 15) is 9.59 Å². The maximum atomic E-state index is 12.3. The molecule has 0 aliphatic heterocycles. The van der Waals surface area contributed by atoms with Gasteiger partial charge in [0.2, 0.25) is 5.91 Å². The predicted molar refractivity (Wildman–Crippen MR) is 121 cm³/mol. The summed E-state index contributed by atoms with van der Waals surface area (Å²) in [5, 5.41) is 5.82. The predicted octanol–water partition coefficient (Wildman–Crippen LogP) is 5.59. The molecule has 3 aromatic rings. The summed E-state index contributed by atoms with van der Waals surface area (Å²) in [7, 11) is 0. The molecule has 29 heavy (non-hydrogen) atoms. The fourth-order valence-electron chi connectivity index (χ4n) is 2.79. The van der Waals surface area contributed by atoms with Gasteiger partial charge in [0, 0.05) is 21.8 Å². The van der Waals surface area contributed by atoms with Crippen molar-refractivity contribution in [3.8, 4) is 0 Å². The lowest BCUT2D eigenvalue weighted by molar-refractivity contribution is -0.113. The molecule has 0 aliphatic rings. The smallest absolute Gasteiger partial charge is 0.255 e. The molecule has 2 N–H and O–H groups in total. The molecule has 0 aromatic heterocycles. The van der Waals surface area contributed by atoms with Gasteiger partial charge in [-0.2, -0.15) is 0 Å². The van der Waals surface area contributed by atoms with Crippen LogP contribution in [0, 0.1) is 20.8 Å². The van der Waals surface area contributed by atoms with Gasteiger partial charge in [-0.1, -0.05) is 23.8 Å². The first kappa shape index (κ1) is 20.7. The standard InChI is InChI=1S/C24H24N2O2S/c1-16-5-4-6-19(13-16)24(28)26-20-9-11-22(12-10-20)29-15-23(27)25-21-8-7-17(2)18(3)14-21/h4-14H,15H2,1-3H3,(H,25,27)(H,26,28). The second-order valence-electron chi connectivity index (χ2n) is 6.98. The minimum absolute atomic E-state index is 0.0462. The van der Waals surface area contributed by atoms with Crippen molar-refractivity contribution < 1.29 is 9.59 Å². The molecule has 0 saturated carbocycles. The average Bonchev–Trinajstić information content (AvgIpc) is 2.70. The molecule has 0 bridgehead atoms. The Balaban J connectivity index is 1.51. The monoisotopic (exact) mass is 404 g/mol. The first-order valence-electron chi connectivity index (χ1n) is 9.39. The molecule has 0 radical (unpaired) electrons. The number of thioether (sulfide) groups is 1. The van der Waals surface area contributed by atoms with Gasteiger partial charge in [0.05, 0.1) is 5.75 Å². The summed E-state index contributed by atoms with van der Waals surface area (Å²) in [6.07, 6.45) is 0. The van der Waals surface area contributed by atoms with Crippen molar-refractivity contribution >= 4 is 35.0 Å². The number of nitrogens with one attached hydrogen (secondary N) is 2. The number of carbonyl (C=O) groups is 2. The van der Waals surface area contributed by atoms with E-state index in [1.807, 2.05) is 81.4 Å². The Hall–Kier alpha value is -3.05. The second-order valence-corrected chi connectivity index (χ2v) is 8.03. The highest BCUT2D eigenvalue weighted by atomic mass is 32.2. The Morgan fingerprint density at radius 3 is 2.21 bits per heavy atom. The number of hydrogen-bond acceptors (Lipinski definition) is 3. The number of benzene rings is 3. The van der Waals surface area contributed by atoms with E-state index in [4.69, 9.17) is 0 Å². The summed E-state index contributed by atoms with van der Waals surface area (Å²) >= 11 is 1.46. The molecular formula is C24H24N2O2S. The topological polar surface area (TPSA) is 58.2 Å². The maximum Gasteiger partial charge on any atom is 0.255 e. The average molecular weight is 405 g/mol. The molecular weight excluding hydrogens is 380 g/mol. The fourth-order valence-corrected chi connectivity index (χ4v) is 3.49. The van der Waals surface area contributed by atoms with Crippen LogP contribution in [0.25, 0.3) is 0 Å². The van der Waals surface area contributed by atoms with Gasteiger partial charge in [-0.3, -0.25) is 9.59 Å². The van der Waals surface area contributed by atoms with Gasteiger partial charge in [0.25, 0.3) is 5.91 Å². The van der Waals surface area contributed by atoms with Crippen LogP contribution in [0.3, 0.4) is 0 Å². The van der Waals surface area contributed by atoms with E-state index in [0.717, 1.165) is 27.4 Å².